The summed E-state index contributed by atoms with van der Waals surface area (Å²) in [5.41, 5.74) is 4.90. The molecule has 0 saturated carbocycles. The predicted molar refractivity (Wildman–Crippen MR) is 221 cm³/mol. The van der Waals surface area contributed by atoms with Gasteiger partial charge in [-0.25, -0.2) is 21.6 Å². The number of nitrogens with one attached hydrogen (secondary N) is 2. The molecule has 5 aromatic carbocycles. The summed E-state index contributed by atoms with van der Waals surface area (Å²) in [4.78, 5) is 11.4. The van der Waals surface area contributed by atoms with Gasteiger partial charge in [0.05, 0.1) is 30.8 Å². The Bertz CT molecular complexity index is 2980. The van der Waals surface area contributed by atoms with E-state index in [2.05, 4.69) is 10.6 Å². The molecule has 5 N–H and O–H groups in total. The molecule has 5 rings (SSSR count). The zero-order valence-corrected chi connectivity index (χ0v) is 35.9. The van der Waals surface area contributed by atoms with Crippen LogP contribution < -0.4 is 10.6 Å². The van der Waals surface area contributed by atoms with Gasteiger partial charge in [0.25, 0.3) is 20.2 Å². The molecular formula is C40H42N2O12S4. The number of carboxylic acids is 1. The molecule has 1 atom stereocenters. The quantitative estimate of drug-likeness (QED) is 0.0616. The highest BCUT2D eigenvalue weighted by atomic mass is 32.2. The molecule has 5 aromatic rings. The van der Waals surface area contributed by atoms with E-state index in [1.807, 2.05) is 6.92 Å². The van der Waals surface area contributed by atoms with Crippen LogP contribution in [0.15, 0.2) is 92.4 Å². The van der Waals surface area contributed by atoms with Crippen LogP contribution in [0, 0.1) is 41.5 Å². The SMILES string of the molecule is Cc1cc(C)c(S(C)(=O)=O)c(C)c1Nc1ccc(C(c2ccc(Nc3c(C)cc(C)c(S(C)(=O)=O)c3C)c(C(=O)O)c2)c2ccc(S(=O)(=O)O)cc2S(=O)(=O)O)cc1. The van der Waals surface area contributed by atoms with Crippen molar-refractivity contribution in [2.45, 2.75) is 67.0 Å². The monoisotopic (exact) mass is 870 g/mol. The minimum absolute atomic E-state index is 0.0677. The first kappa shape index (κ1) is 44.0. The molecule has 308 valence electrons. The van der Waals surface area contributed by atoms with E-state index in [0.29, 0.717) is 56.5 Å². The van der Waals surface area contributed by atoms with Gasteiger partial charge in [-0.05, 0) is 128 Å². The number of aryl methyl sites for hydroxylation is 4. The van der Waals surface area contributed by atoms with Crippen molar-refractivity contribution in [2.75, 3.05) is 23.1 Å². The van der Waals surface area contributed by atoms with E-state index < -0.39 is 61.6 Å². The zero-order valence-electron chi connectivity index (χ0n) is 32.7. The molecule has 0 fully saturated rings. The van der Waals surface area contributed by atoms with Crippen LogP contribution in [0.25, 0.3) is 0 Å². The van der Waals surface area contributed by atoms with E-state index in [1.165, 1.54) is 18.2 Å². The van der Waals surface area contributed by atoms with Crippen molar-refractivity contribution in [2.24, 2.45) is 0 Å². The maximum Gasteiger partial charge on any atom is 0.337 e. The smallest absolute Gasteiger partial charge is 0.337 e. The largest absolute Gasteiger partial charge is 0.478 e. The third kappa shape index (κ3) is 8.96. The van der Waals surface area contributed by atoms with Crippen molar-refractivity contribution in [3.8, 4) is 0 Å². The van der Waals surface area contributed by atoms with Crippen LogP contribution in [0.5, 0.6) is 0 Å². The lowest BCUT2D eigenvalue weighted by Gasteiger charge is -2.24. The molecule has 0 amide bonds. The Labute approximate surface area is 338 Å². The number of sulfone groups is 2. The molecule has 1 unspecified atom stereocenters. The van der Waals surface area contributed by atoms with Gasteiger partial charge in [0.2, 0.25) is 0 Å². The van der Waals surface area contributed by atoms with Crippen molar-refractivity contribution in [1.29, 1.82) is 0 Å². The minimum Gasteiger partial charge on any atom is -0.478 e. The van der Waals surface area contributed by atoms with E-state index in [0.717, 1.165) is 30.2 Å². The van der Waals surface area contributed by atoms with E-state index in [9.17, 15) is 52.7 Å². The normalized spacial score (nSPS) is 12.9. The summed E-state index contributed by atoms with van der Waals surface area (Å²) >= 11 is 0. The molecule has 14 nitrogen and oxygen atoms in total. The van der Waals surface area contributed by atoms with Crippen LogP contribution in [0.3, 0.4) is 0 Å². The molecule has 18 heteroatoms. The summed E-state index contributed by atoms with van der Waals surface area (Å²) in [7, 11) is -17.4. The number of carboxylic acid groups (broad SMARTS) is 1. The number of carbonyl (C=O) groups is 1. The summed E-state index contributed by atoms with van der Waals surface area (Å²) in [5, 5.41) is 16.8. The Morgan fingerprint density at radius 2 is 1.05 bits per heavy atom. The van der Waals surface area contributed by atoms with Crippen LogP contribution in [-0.4, -0.2) is 66.4 Å². The lowest BCUT2D eigenvalue weighted by molar-refractivity contribution is 0.0697. The fraction of sp³-hybridized carbons (Fsp3) is 0.225. The summed E-state index contributed by atoms with van der Waals surface area (Å²) in [6.45, 7) is 10.2. The Hall–Kier alpha value is -5.11. The number of benzene rings is 5. The van der Waals surface area contributed by atoms with E-state index >= 15 is 0 Å². The maximum atomic E-state index is 12.9. The Kier molecular flexibility index (Phi) is 11.8. The molecule has 0 radical (unpaired) electrons. The van der Waals surface area contributed by atoms with Gasteiger partial charge < -0.3 is 15.7 Å². The molecule has 0 saturated heterocycles. The summed E-state index contributed by atoms with van der Waals surface area (Å²) < 4.78 is 120. The molecule has 0 aliphatic rings. The van der Waals surface area contributed by atoms with Crippen LogP contribution in [0.1, 0.15) is 66.3 Å². The lowest BCUT2D eigenvalue weighted by Crippen LogP contribution is -2.14. The van der Waals surface area contributed by atoms with Gasteiger partial charge in [-0.1, -0.05) is 36.4 Å². The molecule has 0 heterocycles. The molecule has 0 aliphatic carbocycles. The Balaban J connectivity index is 1.72. The Morgan fingerprint density at radius 3 is 1.50 bits per heavy atom. The van der Waals surface area contributed by atoms with Crippen molar-refractivity contribution < 1.29 is 52.7 Å². The van der Waals surface area contributed by atoms with Crippen LogP contribution in [0.2, 0.25) is 0 Å². The Morgan fingerprint density at radius 1 is 0.569 bits per heavy atom. The maximum absolute atomic E-state index is 12.9. The van der Waals surface area contributed by atoms with Gasteiger partial charge in [-0.3, -0.25) is 9.11 Å². The zero-order chi connectivity index (χ0) is 43.4. The summed E-state index contributed by atoms with van der Waals surface area (Å²) in [6, 6.07) is 16.7. The fourth-order valence-electron chi connectivity index (χ4n) is 7.61. The summed E-state index contributed by atoms with van der Waals surface area (Å²) in [5.74, 6) is -2.59. The lowest BCUT2D eigenvalue weighted by atomic mass is 9.84. The average Bonchev–Trinajstić information content (AvgIpc) is 3.07. The number of anilines is 4. The van der Waals surface area contributed by atoms with Crippen LogP contribution >= 0.6 is 0 Å². The van der Waals surface area contributed by atoms with Crippen LogP contribution in [-0.2, 0) is 39.9 Å². The highest BCUT2D eigenvalue weighted by molar-refractivity contribution is 7.91. The van der Waals surface area contributed by atoms with Crippen molar-refractivity contribution in [3.05, 3.63) is 128 Å². The number of hydrogen-bond acceptors (Lipinski definition) is 11. The topological polar surface area (TPSA) is 238 Å². The van der Waals surface area contributed by atoms with Gasteiger partial charge in [-0.15, -0.1) is 0 Å². The van der Waals surface area contributed by atoms with E-state index in [4.69, 9.17) is 0 Å². The molecule has 0 spiro atoms. The second-order valence-corrected chi connectivity index (χ2v) is 21.0. The second kappa shape index (κ2) is 15.6. The first-order valence-corrected chi connectivity index (χ1v) is 24.0. The number of rotatable bonds is 12. The van der Waals surface area contributed by atoms with E-state index in [1.54, 1.807) is 71.0 Å². The summed E-state index contributed by atoms with van der Waals surface area (Å²) in [6.07, 6.45) is 2.20. The number of hydrogen-bond donors (Lipinski definition) is 5. The fourth-order valence-corrected chi connectivity index (χ4v) is 11.6. The van der Waals surface area contributed by atoms with E-state index in [-0.39, 0.29) is 32.2 Å². The van der Waals surface area contributed by atoms with Gasteiger partial charge in [0.15, 0.2) is 19.7 Å². The third-order valence-electron chi connectivity index (χ3n) is 9.80. The molecule has 0 aromatic heterocycles. The van der Waals surface area contributed by atoms with Gasteiger partial charge in [-0.2, -0.15) is 16.8 Å². The first-order valence-electron chi connectivity index (χ1n) is 17.3. The van der Waals surface area contributed by atoms with Crippen molar-refractivity contribution in [1.82, 2.24) is 0 Å². The highest BCUT2D eigenvalue weighted by Gasteiger charge is 2.29. The van der Waals surface area contributed by atoms with Crippen molar-refractivity contribution >= 4 is 68.6 Å². The second-order valence-electron chi connectivity index (χ2n) is 14.3. The number of aromatic carboxylic acids is 1. The average molecular weight is 871 g/mol. The first-order chi connectivity index (χ1) is 26.6. The van der Waals surface area contributed by atoms with Gasteiger partial charge in [0.1, 0.15) is 0 Å². The molecule has 0 aliphatic heterocycles. The minimum atomic E-state index is -5.17. The van der Waals surface area contributed by atoms with Gasteiger partial charge in [0, 0.05) is 35.5 Å². The molecule has 0 bridgehead atoms. The van der Waals surface area contributed by atoms with Crippen molar-refractivity contribution in [3.63, 3.8) is 0 Å². The molecular weight excluding hydrogens is 829 g/mol. The standard InChI is InChI=1S/C40H42N2O12S4/c1-21-17-23(3)38(55(7,45)46)25(5)36(21)41-29-12-9-27(10-13-29)35(31-15-14-30(57(49,50)51)20-34(31)58(52,53)54)28-11-16-33(32(19-28)40(43)44)42-37-22(2)18-24(4)39(26(37)6)56(8,47)48/h9-20,35,41-42H,1-8H3,(H,43,44)(H,49,50,51)(H,52,53,54). The van der Waals surface area contributed by atoms with Crippen LogP contribution in [0.4, 0.5) is 22.7 Å². The third-order valence-corrected chi connectivity index (χ3v) is 14.3. The van der Waals surface area contributed by atoms with Gasteiger partial charge >= 0.3 is 5.97 Å². The predicted octanol–water partition coefficient (Wildman–Crippen LogP) is 7.20. The molecule has 58 heavy (non-hydrogen) atoms. The highest BCUT2D eigenvalue weighted by Crippen LogP contribution is 2.41.